The SMILES string of the molecule is Cl.N#Cc1ccc(-n2ncnc2C2COCCN2)nc1. The first-order valence-corrected chi connectivity index (χ1v) is 5.96. The molecule has 7 nitrogen and oxygen atoms in total. The Bertz CT molecular complexity index is 599. The summed E-state index contributed by atoms with van der Waals surface area (Å²) >= 11 is 0. The van der Waals surface area contributed by atoms with Gasteiger partial charge in [0, 0.05) is 12.7 Å². The van der Waals surface area contributed by atoms with Gasteiger partial charge < -0.3 is 10.1 Å². The molecule has 1 aliphatic heterocycles. The second kappa shape index (κ2) is 6.43. The maximum Gasteiger partial charge on any atom is 0.155 e. The molecule has 0 amide bonds. The lowest BCUT2D eigenvalue weighted by molar-refractivity contribution is 0.0735. The van der Waals surface area contributed by atoms with Gasteiger partial charge >= 0.3 is 0 Å². The number of nitrogens with zero attached hydrogens (tertiary/aromatic N) is 5. The van der Waals surface area contributed by atoms with E-state index >= 15 is 0 Å². The number of ether oxygens (including phenoxy) is 1. The molecule has 104 valence electrons. The Balaban J connectivity index is 0.00000147. The van der Waals surface area contributed by atoms with Crippen LogP contribution in [0.1, 0.15) is 17.4 Å². The van der Waals surface area contributed by atoms with E-state index in [0.717, 1.165) is 12.4 Å². The molecule has 2 aromatic rings. The minimum atomic E-state index is 0. The van der Waals surface area contributed by atoms with Gasteiger partial charge in [0.15, 0.2) is 11.6 Å². The average Bonchev–Trinajstić information content (AvgIpc) is 2.98. The number of hydrogen-bond donors (Lipinski definition) is 1. The Kier molecular flexibility index (Phi) is 4.63. The summed E-state index contributed by atoms with van der Waals surface area (Å²) in [5, 5.41) is 16.3. The molecule has 8 heteroatoms. The zero-order chi connectivity index (χ0) is 13.1. The fourth-order valence-electron chi connectivity index (χ4n) is 1.97. The summed E-state index contributed by atoms with van der Waals surface area (Å²) in [5.74, 6) is 1.40. The van der Waals surface area contributed by atoms with Gasteiger partial charge in [-0.15, -0.1) is 12.4 Å². The van der Waals surface area contributed by atoms with Gasteiger partial charge in [0.05, 0.1) is 24.8 Å². The van der Waals surface area contributed by atoms with Gasteiger partial charge in [-0.25, -0.2) is 9.97 Å². The number of nitrogens with one attached hydrogen (secondary N) is 1. The molecule has 3 rings (SSSR count). The third-order valence-electron chi connectivity index (χ3n) is 2.90. The summed E-state index contributed by atoms with van der Waals surface area (Å²) in [6, 6.07) is 5.50. The van der Waals surface area contributed by atoms with Crippen molar-refractivity contribution in [2.75, 3.05) is 19.8 Å². The van der Waals surface area contributed by atoms with Crippen LogP contribution in [0.15, 0.2) is 24.7 Å². The van der Waals surface area contributed by atoms with Gasteiger partial charge in [-0.05, 0) is 12.1 Å². The molecular weight excluding hydrogens is 280 g/mol. The number of aromatic nitrogens is 4. The number of morpholine rings is 1. The van der Waals surface area contributed by atoms with E-state index in [-0.39, 0.29) is 18.4 Å². The zero-order valence-corrected chi connectivity index (χ0v) is 11.4. The van der Waals surface area contributed by atoms with Crippen molar-refractivity contribution in [2.24, 2.45) is 0 Å². The fraction of sp³-hybridized carbons (Fsp3) is 0.333. The molecule has 0 saturated carbocycles. The number of nitriles is 1. The highest BCUT2D eigenvalue weighted by Gasteiger charge is 2.21. The van der Waals surface area contributed by atoms with Crippen molar-refractivity contribution in [2.45, 2.75) is 6.04 Å². The first kappa shape index (κ1) is 14.4. The normalized spacial score (nSPS) is 18.1. The van der Waals surface area contributed by atoms with Crippen LogP contribution in [0.25, 0.3) is 5.82 Å². The number of halogens is 1. The van der Waals surface area contributed by atoms with E-state index in [1.54, 1.807) is 16.8 Å². The molecule has 2 aromatic heterocycles. The van der Waals surface area contributed by atoms with E-state index in [9.17, 15) is 0 Å². The summed E-state index contributed by atoms with van der Waals surface area (Å²) in [6.45, 7) is 2.06. The third kappa shape index (κ3) is 2.77. The van der Waals surface area contributed by atoms with Crippen LogP contribution in [0.5, 0.6) is 0 Å². The van der Waals surface area contributed by atoms with Crippen molar-refractivity contribution in [3.05, 3.63) is 36.0 Å². The monoisotopic (exact) mass is 292 g/mol. The highest BCUT2D eigenvalue weighted by atomic mass is 35.5. The summed E-state index contributed by atoms with van der Waals surface area (Å²) in [4.78, 5) is 8.48. The highest BCUT2D eigenvalue weighted by molar-refractivity contribution is 5.85. The Morgan fingerprint density at radius 1 is 1.40 bits per heavy atom. The molecule has 1 saturated heterocycles. The van der Waals surface area contributed by atoms with Crippen molar-refractivity contribution in [1.82, 2.24) is 25.1 Å². The molecular formula is C12H13ClN6O. The molecule has 20 heavy (non-hydrogen) atoms. The van der Waals surface area contributed by atoms with E-state index in [1.807, 2.05) is 6.07 Å². The van der Waals surface area contributed by atoms with Crippen LogP contribution in [0.4, 0.5) is 0 Å². The minimum Gasteiger partial charge on any atom is -0.378 e. The quantitative estimate of drug-likeness (QED) is 0.873. The van der Waals surface area contributed by atoms with E-state index in [4.69, 9.17) is 10.00 Å². The second-order valence-corrected chi connectivity index (χ2v) is 4.13. The van der Waals surface area contributed by atoms with Gasteiger partial charge in [-0.1, -0.05) is 0 Å². The van der Waals surface area contributed by atoms with Crippen molar-refractivity contribution < 1.29 is 4.74 Å². The Labute approximate surface area is 122 Å². The lowest BCUT2D eigenvalue weighted by Crippen LogP contribution is -2.36. The van der Waals surface area contributed by atoms with Crippen LogP contribution in [0, 0.1) is 11.3 Å². The molecule has 0 radical (unpaired) electrons. The summed E-state index contributed by atoms with van der Waals surface area (Å²) in [7, 11) is 0. The summed E-state index contributed by atoms with van der Waals surface area (Å²) in [5.41, 5.74) is 0.518. The predicted molar refractivity (Wildman–Crippen MR) is 72.7 cm³/mol. The second-order valence-electron chi connectivity index (χ2n) is 4.13. The number of rotatable bonds is 2. The smallest absolute Gasteiger partial charge is 0.155 e. The Morgan fingerprint density at radius 3 is 2.95 bits per heavy atom. The lowest BCUT2D eigenvalue weighted by Gasteiger charge is -2.23. The summed E-state index contributed by atoms with van der Waals surface area (Å²) in [6.07, 6.45) is 3.01. The minimum absolute atomic E-state index is 0. The van der Waals surface area contributed by atoms with Crippen LogP contribution < -0.4 is 5.32 Å². The maximum atomic E-state index is 8.77. The van der Waals surface area contributed by atoms with Gasteiger partial charge in [-0.3, -0.25) is 0 Å². The van der Waals surface area contributed by atoms with E-state index < -0.39 is 0 Å². The van der Waals surface area contributed by atoms with Crippen LogP contribution in [0.3, 0.4) is 0 Å². The lowest BCUT2D eigenvalue weighted by atomic mass is 10.2. The van der Waals surface area contributed by atoms with Crippen LogP contribution in [-0.2, 0) is 4.74 Å². The molecule has 1 N–H and O–H groups in total. The molecule has 0 aliphatic carbocycles. The number of hydrogen-bond acceptors (Lipinski definition) is 6. The number of pyridine rings is 1. The van der Waals surface area contributed by atoms with E-state index in [1.165, 1.54) is 12.5 Å². The maximum absolute atomic E-state index is 8.77. The Morgan fingerprint density at radius 2 is 2.30 bits per heavy atom. The van der Waals surface area contributed by atoms with Crippen LogP contribution >= 0.6 is 12.4 Å². The van der Waals surface area contributed by atoms with Crippen LogP contribution in [0.2, 0.25) is 0 Å². The van der Waals surface area contributed by atoms with Crippen molar-refractivity contribution >= 4 is 12.4 Å². The van der Waals surface area contributed by atoms with Gasteiger partial charge in [-0.2, -0.15) is 15.0 Å². The molecule has 0 aromatic carbocycles. The Hall–Kier alpha value is -2.01. The first-order chi connectivity index (χ1) is 9.38. The van der Waals surface area contributed by atoms with Gasteiger partial charge in [0.2, 0.25) is 0 Å². The van der Waals surface area contributed by atoms with E-state index in [2.05, 4.69) is 20.4 Å². The van der Waals surface area contributed by atoms with Gasteiger partial charge in [0.25, 0.3) is 0 Å². The first-order valence-electron chi connectivity index (χ1n) is 5.96. The summed E-state index contributed by atoms with van der Waals surface area (Å²) < 4.78 is 7.09. The molecule has 1 unspecified atom stereocenters. The molecule has 3 heterocycles. The molecule has 1 atom stereocenters. The predicted octanol–water partition coefficient (Wildman–Crippen LogP) is 0.617. The molecule has 1 aliphatic rings. The molecule has 1 fully saturated rings. The third-order valence-corrected chi connectivity index (χ3v) is 2.90. The topological polar surface area (TPSA) is 88.7 Å². The largest absolute Gasteiger partial charge is 0.378 e. The van der Waals surface area contributed by atoms with Crippen molar-refractivity contribution in [3.63, 3.8) is 0 Å². The van der Waals surface area contributed by atoms with Crippen LogP contribution in [-0.4, -0.2) is 39.5 Å². The average molecular weight is 293 g/mol. The van der Waals surface area contributed by atoms with Crippen molar-refractivity contribution in [3.8, 4) is 11.9 Å². The molecule has 0 bridgehead atoms. The standard InChI is InChI=1S/C12H12N6O.ClH/c13-5-9-1-2-11(15-6-9)18-12(16-8-17-18)10-7-19-4-3-14-10;/h1-2,6,8,10,14H,3-4,7H2;1H. The fourth-order valence-corrected chi connectivity index (χ4v) is 1.97. The van der Waals surface area contributed by atoms with Crippen molar-refractivity contribution in [1.29, 1.82) is 5.26 Å². The molecule has 0 spiro atoms. The van der Waals surface area contributed by atoms with Gasteiger partial charge in [0.1, 0.15) is 12.4 Å². The zero-order valence-electron chi connectivity index (χ0n) is 10.6. The highest BCUT2D eigenvalue weighted by Crippen LogP contribution is 2.16. The van der Waals surface area contributed by atoms with E-state index in [0.29, 0.717) is 24.6 Å².